The van der Waals surface area contributed by atoms with Gasteiger partial charge in [0.15, 0.2) is 0 Å². The third-order valence-corrected chi connectivity index (χ3v) is 5.03. The SMILES string of the molecule is O=C(CBr)Cc1ccc(I)c(I)c1. The highest BCUT2D eigenvalue weighted by Crippen LogP contribution is 2.16. The summed E-state index contributed by atoms with van der Waals surface area (Å²) >= 11 is 7.71. The average molecular weight is 465 g/mol. The molecule has 0 N–H and O–H groups in total. The molecule has 1 aromatic carbocycles. The number of Topliss-reactive ketones (excluding diaryl/α,β-unsaturated/α-hetero) is 1. The van der Waals surface area contributed by atoms with Gasteiger partial charge in [0.05, 0.1) is 5.33 Å². The molecule has 13 heavy (non-hydrogen) atoms. The molecule has 0 aromatic heterocycles. The number of benzene rings is 1. The van der Waals surface area contributed by atoms with Crippen LogP contribution >= 0.6 is 61.1 Å². The van der Waals surface area contributed by atoms with Gasteiger partial charge in [0.1, 0.15) is 5.78 Å². The minimum Gasteiger partial charge on any atom is -0.298 e. The van der Waals surface area contributed by atoms with Crippen LogP contribution in [-0.4, -0.2) is 11.1 Å². The van der Waals surface area contributed by atoms with Crippen LogP contribution < -0.4 is 0 Å². The van der Waals surface area contributed by atoms with Crippen LogP contribution in [-0.2, 0) is 11.2 Å². The number of carbonyl (C=O) groups is 1. The van der Waals surface area contributed by atoms with Crippen molar-refractivity contribution in [2.24, 2.45) is 0 Å². The van der Waals surface area contributed by atoms with Crippen molar-refractivity contribution >= 4 is 66.9 Å². The second-order valence-electron chi connectivity index (χ2n) is 2.60. The minimum atomic E-state index is 0.219. The highest BCUT2D eigenvalue weighted by molar-refractivity contribution is 14.1. The molecule has 0 bridgehead atoms. The Kier molecular flexibility index (Phi) is 5.17. The monoisotopic (exact) mass is 464 g/mol. The van der Waals surface area contributed by atoms with Crippen LogP contribution in [0.2, 0.25) is 0 Å². The molecule has 0 spiro atoms. The Morgan fingerprint density at radius 1 is 1.31 bits per heavy atom. The maximum atomic E-state index is 11.1. The number of alkyl halides is 1. The number of hydrogen-bond donors (Lipinski definition) is 0. The highest BCUT2D eigenvalue weighted by atomic mass is 127. The molecule has 70 valence electrons. The van der Waals surface area contributed by atoms with Gasteiger partial charge in [-0.25, -0.2) is 0 Å². The first-order valence-electron chi connectivity index (χ1n) is 3.65. The van der Waals surface area contributed by atoms with E-state index in [-0.39, 0.29) is 5.78 Å². The Morgan fingerprint density at radius 2 is 2.00 bits per heavy atom. The lowest BCUT2D eigenvalue weighted by atomic mass is 10.1. The summed E-state index contributed by atoms with van der Waals surface area (Å²) in [6.07, 6.45) is 0.526. The Hall–Kier alpha value is 0.830. The van der Waals surface area contributed by atoms with E-state index in [0.29, 0.717) is 11.8 Å². The molecule has 0 heterocycles. The summed E-state index contributed by atoms with van der Waals surface area (Å²) in [7, 11) is 0. The van der Waals surface area contributed by atoms with Crippen LogP contribution in [0, 0.1) is 7.14 Å². The van der Waals surface area contributed by atoms with Crippen molar-refractivity contribution < 1.29 is 4.79 Å². The summed E-state index contributed by atoms with van der Waals surface area (Å²) in [5.41, 5.74) is 1.09. The lowest BCUT2D eigenvalue weighted by Gasteiger charge is -2.01. The van der Waals surface area contributed by atoms with Crippen LogP contribution in [0.5, 0.6) is 0 Å². The van der Waals surface area contributed by atoms with Gasteiger partial charge in [0.2, 0.25) is 0 Å². The van der Waals surface area contributed by atoms with Crippen molar-refractivity contribution in [2.45, 2.75) is 6.42 Å². The molecule has 0 aliphatic heterocycles. The van der Waals surface area contributed by atoms with Crippen LogP contribution in [0.3, 0.4) is 0 Å². The zero-order chi connectivity index (χ0) is 9.84. The number of ketones is 1. The van der Waals surface area contributed by atoms with Crippen LogP contribution in [0.15, 0.2) is 18.2 Å². The fourth-order valence-electron chi connectivity index (χ4n) is 0.925. The van der Waals surface area contributed by atoms with E-state index in [9.17, 15) is 4.79 Å². The van der Waals surface area contributed by atoms with Crippen molar-refractivity contribution in [3.63, 3.8) is 0 Å². The number of rotatable bonds is 3. The Bertz CT molecular complexity index is 325. The van der Waals surface area contributed by atoms with Gasteiger partial charge in [-0.15, -0.1) is 0 Å². The molecule has 0 fully saturated rings. The van der Waals surface area contributed by atoms with E-state index in [1.165, 1.54) is 7.14 Å². The van der Waals surface area contributed by atoms with Crippen molar-refractivity contribution in [3.8, 4) is 0 Å². The summed E-state index contributed by atoms with van der Waals surface area (Å²) in [6, 6.07) is 6.10. The molecule has 1 aromatic rings. The van der Waals surface area contributed by atoms with Gasteiger partial charge in [0.25, 0.3) is 0 Å². The first kappa shape index (κ1) is 11.9. The second kappa shape index (κ2) is 5.65. The molecular formula is C9H7BrI2O. The van der Waals surface area contributed by atoms with E-state index in [0.717, 1.165) is 5.56 Å². The Balaban J connectivity index is 2.79. The summed E-state index contributed by atoms with van der Waals surface area (Å²) in [6.45, 7) is 0. The predicted molar refractivity (Wildman–Crippen MR) is 74.4 cm³/mol. The van der Waals surface area contributed by atoms with Gasteiger partial charge in [-0.2, -0.15) is 0 Å². The normalized spacial score (nSPS) is 10.1. The first-order chi connectivity index (χ1) is 6.13. The van der Waals surface area contributed by atoms with Crippen molar-refractivity contribution in [1.29, 1.82) is 0 Å². The van der Waals surface area contributed by atoms with Crippen molar-refractivity contribution in [2.75, 3.05) is 5.33 Å². The standard InChI is InChI=1S/C9H7BrI2O/c10-5-7(13)3-6-1-2-8(11)9(12)4-6/h1-2,4H,3,5H2. The van der Waals surface area contributed by atoms with Gasteiger partial charge in [-0.1, -0.05) is 22.0 Å². The average Bonchev–Trinajstić information content (AvgIpc) is 2.11. The molecule has 0 aliphatic rings. The van der Waals surface area contributed by atoms with Gasteiger partial charge >= 0.3 is 0 Å². The summed E-state index contributed by atoms with van der Waals surface area (Å²) in [4.78, 5) is 11.1. The van der Waals surface area contributed by atoms with Crippen LogP contribution in [0.1, 0.15) is 5.56 Å². The first-order valence-corrected chi connectivity index (χ1v) is 6.93. The Morgan fingerprint density at radius 3 is 2.54 bits per heavy atom. The molecule has 0 amide bonds. The Labute approximate surface area is 113 Å². The number of carbonyl (C=O) groups excluding carboxylic acids is 1. The maximum Gasteiger partial charge on any atom is 0.147 e. The van der Waals surface area contributed by atoms with Crippen molar-refractivity contribution in [3.05, 3.63) is 30.9 Å². The molecular weight excluding hydrogens is 458 g/mol. The lowest BCUT2D eigenvalue weighted by Crippen LogP contribution is -2.03. The lowest BCUT2D eigenvalue weighted by molar-refractivity contribution is -0.115. The van der Waals surface area contributed by atoms with Gasteiger partial charge in [-0.05, 0) is 62.9 Å². The van der Waals surface area contributed by atoms with Gasteiger partial charge in [0, 0.05) is 13.6 Å². The quantitative estimate of drug-likeness (QED) is 0.495. The molecule has 0 saturated carbocycles. The van der Waals surface area contributed by atoms with E-state index in [1.54, 1.807) is 0 Å². The van der Waals surface area contributed by atoms with E-state index in [4.69, 9.17) is 0 Å². The number of halogens is 3. The fraction of sp³-hybridized carbons (Fsp3) is 0.222. The highest BCUT2D eigenvalue weighted by Gasteiger charge is 2.03. The molecule has 1 nitrogen and oxygen atoms in total. The van der Waals surface area contributed by atoms with Gasteiger partial charge < -0.3 is 0 Å². The maximum absolute atomic E-state index is 11.1. The molecule has 0 aliphatic carbocycles. The summed E-state index contributed by atoms with van der Waals surface area (Å²) in [5.74, 6) is 0.219. The van der Waals surface area contributed by atoms with E-state index >= 15 is 0 Å². The molecule has 0 saturated heterocycles. The second-order valence-corrected chi connectivity index (χ2v) is 5.48. The topological polar surface area (TPSA) is 17.1 Å². The molecule has 0 atom stereocenters. The van der Waals surface area contributed by atoms with Crippen LogP contribution in [0.4, 0.5) is 0 Å². The predicted octanol–water partition coefficient (Wildman–Crippen LogP) is 3.40. The van der Waals surface area contributed by atoms with Crippen molar-refractivity contribution in [1.82, 2.24) is 0 Å². The largest absolute Gasteiger partial charge is 0.298 e. The van der Waals surface area contributed by atoms with Crippen LogP contribution in [0.25, 0.3) is 0 Å². The third-order valence-electron chi connectivity index (χ3n) is 1.53. The summed E-state index contributed by atoms with van der Waals surface area (Å²) < 4.78 is 2.44. The third kappa shape index (κ3) is 3.83. The zero-order valence-corrected chi connectivity index (χ0v) is 12.6. The smallest absolute Gasteiger partial charge is 0.147 e. The van der Waals surface area contributed by atoms with Gasteiger partial charge in [-0.3, -0.25) is 4.79 Å². The fourth-order valence-corrected chi connectivity index (χ4v) is 2.04. The number of hydrogen-bond acceptors (Lipinski definition) is 1. The molecule has 0 unspecified atom stereocenters. The van der Waals surface area contributed by atoms with E-state index < -0.39 is 0 Å². The van der Waals surface area contributed by atoms with E-state index in [1.807, 2.05) is 12.1 Å². The molecule has 0 radical (unpaired) electrons. The minimum absolute atomic E-state index is 0.219. The summed E-state index contributed by atoms with van der Waals surface area (Å²) in [5, 5.41) is 0.440. The molecule has 4 heteroatoms. The zero-order valence-electron chi connectivity index (χ0n) is 6.69. The molecule has 1 rings (SSSR count). The van der Waals surface area contributed by atoms with E-state index in [2.05, 4.69) is 67.2 Å².